The Morgan fingerprint density at radius 1 is 1.19 bits per heavy atom. The summed E-state index contributed by atoms with van der Waals surface area (Å²) in [4.78, 5) is 28.4. The summed E-state index contributed by atoms with van der Waals surface area (Å²) in [6.45, 7) is 5.79. The van der Waals surface area contributed by atoms with E-state index in [1.54, 1.807) is 14.1 Å². The van der Waals surface area contributed by atoms with Gasteiger partial charge in [-0.25, -0.2) is 4.39 Å². The first kappa shape index (κ1) is 21.5. The third-order valence-corrected chi connectivity index (χ3v) is 5.83. The number of benzene rings is 1. The number of Topliss-reactive ketones (excluding diaryl/α,β-unsaturated/α-hetero) is 1. The second-order valence-corrected chi connectivity index (χ2v) is 8.23. The van der Waals surface area contributed by atoms with Crippen LogP contribution >= 0.6 is 0 Å². The van der Waals surface area contributed by atoms with Crippen LogP contribution in [0.1, 0.15) is 49.9 Å². The molecule has 0 aliphatic carbocycles. The molecule has 1 aromatic rings. The zero-order chi connectivity index (χ0) is 20.2. The second-order valence-electron chi connectivity index (χ2n) is 8.23. The van der Waals surface area contributed by atoms with E-state index in [4.69, 9.17) is 0 Å². The van der Waals surface area contributed by atoms with E-state index >= 15 is 0 Å². The fourth-order valence-corrected chi connectivity index (χ4v) is 3.77. The maximum Gasteiger partial charge on any atom is 0.230 e. The zero-order valence-electron chi connectivity index (χ0n) is 16.8. The summed E-state index contributed by atoms with van der Waals surface area (Å²) >= 11 is 0. The number of hydrogen-bond donors (Lipinski definition) is 1. The van der Waals surface area contributed by atoms with Gasteiger partial charge in [0.25, 0.3) is 0 Å². The molecule has 0 radical (unpaired) electrons. The van der Waals surface area contributed by atoms with Gasteiger partial charge in [-0.2, -0.15) is 0 Å². The molecular formula is C21H31FN2O3. The normalized spacial score (nSPS) is 17.6. The number of piperidine rings is 1. The molecule has 6 heteroatoms. The van der Waals surface area contributed by atoms with E-state index < -0.39 is 11.0 Å². The number of carbonyl (C=O) groups excluding carboxylic acids is 2. The van der Waals surface area contributed by atoms with Crippen LogP contribution in [0.3, 0.4) is 0 Å². The SMILES string of the molecule is CN(C)C(=O)C(C)(C)C1(O)CCN(CCCC(=O)c2ccc(F)cc2)CC1. The molecule has 150 valence electrons. The number of hydrogen-bond acceptors (Lipinski definition) is 4. The Bertz CT molecular complexity index is 663. The molecule has 1 aliphatic heterocycles. The maximum atomic E-state index is 12.9. The second kappa shape index (κ2) is 8.48. The minimum Gasteiger partial charge on any atom is -0.389 e. The van der Waals surface area contributed by atoms with E-state index in [0.717, 1.165) is 6.54 Å². The summed E-state index contributed by atoms with van der Waals surface area (Å²) in [6, 6.07) is 5.63. The van der Waals surface area contributed by atoms with Gasteiger partial charge in [0.2, 0.25) is 5.91 Å². The van der Waals surface area contributed by atoms with Gasteiger partial charge < -0.3 is 14.9 Å². The molecule has 2 rings (SSSR count). The van der Waals surface area contributed by atoms with Crippen molar-refractivity contribution >= 4 is 11.7 Å². The first-order valence-electron chi connectivity index (χ1n) is 9.52. The van der Waals surface area contributed by atoms with Crippen LogP contribution in [0.5, 0.6) is 0 Å². The maximum absolute atomic E-state index is 12.9. The minimum atomic E-state index is -1.02. The van der Waals surface area contributed by atoms with E-state index in [1.807, 2.05) is 13.8 Å². The minimum absolute atomic E-state index is 0.0150. The molecule has 0 atom stereocenters. The molecule has 1 saturated heterocycles. The van der Waals surface area contributed by atoms with E-state index in [0.29, 0.717) is 44.3 Å². The topological polar surface area (TPSA) is 60.9 Å². The number of likely N-dealkylation sites (tertiary alicyclic amines) is 1. The molecule has 1 amide bonds. The number of halogens is 1. The van der Waals surface area contributed by atoms with Crippen molar-refractivity contribution in [3.8, 4) is 0 Å². The van der Waals surface area contributed by atoms with Gasteiger partial charge in [0, 0.05) is 39.2 Å². The van der Waals surface area contributed by atoms with E-state index in [9.17, 15) is 19.1 Å². The van der Waals surface area contributed by atoms with E-state index in [1.165, 1.54) is 29.2 Å². The first-order chi connectivity index (χ1) is 12.6. The Morgan fingerprint density at radius 2 is 1.74 bits per heavy atom. The largest absolute Gasteiger partial charge is 0.389 e. The lowest BCUT2D eigenvalue weighted by Crippen LogP contribution is -2.58. The molecule has 1 aliphatic rings. The standard InChI is InChI=1S/C21H31FN2O3/c1-20(2,19(26)23(3)4)21(27)11-14-24(15-12-21)13-5-6-18(25)16-7-9-17(22)10-8-16/h7-10,27H,5-6,11-15H2,1-4H3. The average molecular weight is 378 g/mol. The highest BCUT2D eigenvalue weighted by Gasteiger charge is 2.50. The van der Waals surface area contributed by atoms with Crippen LogP contribution in [-0.2, 0) is 4.79 Å². The highest BCUT2D eigenvalue weighted by Crippen LogP contribution is 2.40. The highest BCUT2D eigenvalue weighted by atomic mass is 19.1. The Balaban J connectivity index is 1.81. The fourth-order valence-electron chi connectivity index (χ4n) is 3.77. The predicted octanol–water partition coefficient (Wildman–Crippen LogP) is 2.73. The van der Waals surface area contributed by atoms with Crippen LogP contribution in [0.25, 0.3) is 0 Å². The van der Waals surface area contributed by atoms with Gasteiger partial charge in [-0.3, -0.25) is 9.59 Å². The Morgan fingerprint density at radius 3 is 2.26 bits per heavy atom. The van der Waals surface area contributed by atoms with Crippen LogP contribution in [0.4, 0.5) is 4.39 Å². The number of carbonyl (C=O) groups is 2. The van der Waals surface area contributed by atoms with Crippen molar-refractivity contribution in [2.24, 2.45) is 5.41 Å². The number of ketones is 1. The van der Waals surface area contributed by atoms with E-state index in [2.05, 4.69) is 4.90 Å². The van der Waals surface area contributed by atoms with Crippen molar-refractivity contribution in [1.82, 2.24) is 9.80 Å². The Hall–Kier alpha value is -1.79. The molecule has 1 heterocycles. The summed E-state index contributed by atoms with van der Waals surface area (Å²) in [5.74, 6) is -0.396. The van der Waals surface area contributed by atoms with Crippen LogP contribution < -0.4 is 0 Å². The van der Waals surface area contributed by atoms with Crippen LogP contribution in [0, 0.1) is 11.2 Å². The van der Waals surface area contributed by atoms with Crippen LogP contribution in [-0.4, -0.2) is 65.9 Å². The lowest BCUT2D eigenvalue weighted by Gasteiger charge is -2.47. The Kier molecular flexibility index (Phi) is 6.76. The van der Waals surface area contributed by atoms with Crippen molar-refractivity contribution < 1.29 is 19.1 Å². The van der Waals surface area contributed by atoms with Crippen molar-refractivity contribution in [3.05, 3.63) is 35.6 Å². The monoisotopic (exact) mass is 378 g/mol. The van der Waals surface area contributed by atoms with Gasteiger partial charge in [0.15, 0.2) is 5.78 Å². The van der Waals surface area contributed by atoms with Gasteiger partial charge in [-0.05, 0) is 63.9 Å². The smallest absolute Gasteiger partial charge is 0.230 e. The molecule has 0 spiro atoms. The molecule has 0 saturated carbocycles. The van der Waals surface area contributed by atoms with Crippen LogP contribution in [0.2, 0.25) is 0 Å². The van der Waals surface area contributed by atoms with Crippen molar-refractivity contribution in [2.75, 3.05) is 33.7 Å². The van der Waals surface area contributed by atoms with Gasteiger partial charge in [0.1, 0.15) is 5.82 Å². The van der Waals surface area contributed by atoms with Gasteiger partial charge in [-0.15, -0.1) is 0 Å². The molecule has 1 aromatic carbocycles. The summed E-state index contributed by atoms with van der Waals surface area (Å²) in [5, 5.41) is 11.1. The molecule has 1 fully saturated rings. The number of aliphatic hydroxyl groups is 1. The predicted molar refractivity (Wildman–Crippen MR) is 103 cm³/mol. The van der Waals surface area contributed by atoms with Gasteiger partial charge in [-0.1, -0.05) is 0 Å². The number of amides is 1. The fraction of sp³-hybridized carbons (Fsp3) is 0.619. The Labute approximate surface area is 161 Å². The molecule has 27 heavy (non-hydrogen) atoms. The molecule has 1 N–H and O–H groups in total. The average Bonchev–Trinajstić information content (AvgIpc) is 2.63. The van der Waals surface area contributed by atoms with Gasteiger partial charge >= 0.3 is 0 Å². The highest BCUT2D eigenvalue weighted by molar-refractivity contribution is 5.95. The molecule has 0 aromatic heterocycles. The third kappa shape index (κ3) is 4.93. The molecular weight excluding hydrogens is 347 g/mol. The number of nitrogens with zero attached hydrogens (tertiary/aromatic N) is 2. The summed E-state index contributed by atoms with van der Waals surface area (Å²) in [5.41, 5.74) is -1.32. The van der Waals surface area contributed by atoms with Crippen molar-refractivity contribution in [3.63, 3.8) is 0 Å². The van der Waals surface area contributed by atoms with Crippen molar-refractivity contribution in [1.29, 1.82) is 0 Å². The summed E-state index contributed by atoms with van der Waals surface area (Å²) in [6.07, 6.45) is 2.20. The molecule has 0 bridgehead atoms. The van der Waals surface area contributed by atoms with Crippen molar-refractivity contribution in [2.45, 2.75) is 45.1 Å². The number of rotatable bonds is 7. The van der Waals surface area contributed by atoms with Crippen LogP contribution in [0.15, 0.2) is 24.3 Å². The molecule has 5 nitrogen and oxygen atoms in total. The zero-order valence-corrected chi connectivity index (χ0v) is 16.8. The summed E-state index contributed by atoms with van der Waals surface area (Å²) in [7, 11) is 3.42. The first-order valence-corrected chi connectivity index (χ1v) is 9.52. The molecule has 0 unspecified atom stereocenters. The quantitative estimate of drug-likeness (QED) is 0.741. The third-order valence-electron chi connectivity index (χ3n) is 5.83. The lowest BCUT2D eigenvalue weighted by molar-refractivity contribution is -0.162. The lowest BCUT2D eigenvalue weighted by atomic mass is 9.68. The summed E-state index contributed by atoms with van der Waals surface area (Å²) < 4.78 is 12.9. The van der Waals surface area contributed by atoms with E-state index in [-0.39, 0.29) is 17.5 Å². The van der Waals surface area contributed by atoms with Gasteiger partial charge in [0.05, 0.1) is 11.0 Å².